The predicted molar refractivity (Wildman–Crippen MR) is 104 cm³/mol. The first-order valence-electron chi connectivity index (χ1n) is 8.71. The normalized spacial score (nSPS) is 11.4. The van der Waals surface area contributed by atoms with E-state index in [0.29, 0.717) is 0 Å². The van der Waals surface area contributed by atoms with Crippen LogP contribution >= 0.6 is 0 Å². The van der Waals surface area contributed by atoms with Gasteiger partial charge in [-0.05, 0) is 42.2 Å². The minimum absolute atomic E-state index is 0.209. The zero-order chi connectivity index (χ0) is 19.3. The van der Waals surface area contributed by atoms with E-state index in [-0.39, 0.29) is 12.0 Å². The van der Waals surface area contributed by atoms with E-state index in [4.69, 9.17) is 0 Å². The molecule has 4 rings (SSSR count). The average Bonchev–Trinajstić information content (AvgIpc) is 3.36. The Labute approximate surface area is 161 Å². The summed E-state index contributed by atoms with van der Waals surface area (Å²) in [6.45, 7) is 0. The quantitative estimate of drug-likeness (QED) is 0.522. The summed E-state index contributed by atoms with van der Waals surface area (Å²) >= 11 is 0. The third-order valence-electron chi connectivity index (χ3n) is 4.32. The van der Waals surface area contributed by atoms with Crippen LogP contribution in [0.3, 0.4) is 0 Å². The predicted octanol–water partition coefficient (Wildman–Crippen LogP) is 4.68. The summed E-state index contributed by atoms with van der Waals surface area (Å²) in [6, 6.07) is 12.3. The van der Waals surface area contributed by atoms with Gasteiger partial charge in [0, 0.05) is 41.5 Å². The molecule has 0 radical (unpaired) electrons. The molecule has 0 aliphatic heterocycles. The molecule has 1 atom stereocenters. The Hall–Kier alpha value is -3.83. The Kier molecular flexibility index (Phi) is 4.91. The summed E-state index contributed by atoms with van der Waals surface area (Å²) in [6.07, 6.45) is 5.62. The molecule has 0 bridgehead atoms. The Morgan fingerprint density at radius 1 is 1.07 bits per heavy atom. The van der Waals surface area contributed by atoms with Crippen molar-refractivity contribution in [2.75, 3.05) is 0 Å². The van der Waals surface area contributed by atoms with Crippen LogP contribution in [-0.4, -0.2) is 14.8 Å². The minimum atomic E-state index is -0.565. The Balaban J connectivity index is 1.68. The molecule has 0 aliphatic rings. The van der Waals surface area contributed by atoms with Crippen molar-refractivity contribution >= 4 is 10.9 Å². The minimum Gasteiger partial charge on any atom is -0.367 e. The van der Waals surface area contributed by atoms with Crippen LogP contribution in [0.5, 0.6) is 0 Å². The molecule has 0 saturated carbocycles. The van der Waals surface area contributed by atoms with Gasteiger partial charge in [0.15, 0.2) is 0 Å². The van der Waals surface area contributed by atoms with E-state index in [1.807, 2.05) is 36.5 Å². The third-order valence-corrected chi connectivity index (χ3v) is 4.32. The van der Waals surface area contributed by atoms with Crippen molar-refractivity contribution in [2.45, 2.75) is 12.5 Å². The maximum Gasteiger partial charge on any atom is 0.128 e. The number of aromatic amines is 1. The highest BCUT2D eigenvalue weighted by molar-refractivity contribution is 5.77. The molecule has 2 heterocycles. The lowest BCUT2D eigenvalue weighted by molar-refractivity contribution is 0.495. The van der Waals surface area contributed by atoms with Gasteiger partial charge in [0.25, 0.3) is 0 Å². The van der Waals surface area contributed by atoms with E-state index in [9.17, 15) is 8.78 Å². The first-order valence-corrected chi connectivity index (χ1v) is 8.71. The van der Waals surface area contributed by atoms with Gasteiger partial charge in [-0.2, -0.15) is 5.10 Å². The topological polar surface area (TPSA) is 33.6 Å². The van der Waals surface area contributed by atoms with Crippen molar-refractivity contribution in [3.05, 3.63) is 89.9 Å². The van der Waals surface area contributed by atoms with Crippen LogP contribution in [0.4, 0.5) is 8.78 Å². The maximum atomic E-state index is 14.4. The van der Waals surface area contributed by atoms with Gasteiger partial charge in [-0.1, -0.05) is 30.0 Å². The van der Waals surface area contributed by atoms with E-state index >= 15 is 0 Å². The summed E-state index contributed by atoms with van der Waals surface area (Å²) in [5, 5.41) is 5.44. The molecule has 4 aromatic rings. The molecule has 0 amide bonds. The number of hydrogen-bond acceptors (Lipinski definition) is 1. The van der Waals surface area contributed by atoms with E-state index < -0.39 is 17.7 Å². The molecule has 1 N–H and O–H groups in total. The molecule has 136 valence electrons. The van der Waals surface area contributed by atoms with Crippen LogP contribution in [0.15, 0.2) is 67.1 Å². The Morgan fingerprint density at radius 3 is 2.79 bits per heavy atom. The molecule has 0 saturated heterocycles. The molecule has 0 spiro atoms. The van der Waals surface area contributed by atoms with Crippen molar-refractivity contribution in [1.29, 1.82) is 0 Å². The lowest BCUT2D eigenvalue weighted by atomic mass is 10.0. The monoisotopic (exact) mass is 371 g/mol. The second-order valence-corrected chi connectivity index (χ2v) is 6.21. The first kappa shape index (κ1) is 17.6. The van der Waals surface area contributed by atoms with Gasteiger partial charge in [-0.15, -0.1) is 0 Å². The van der Waals surface area contributed by atoms with Gasteiger partial charge >= 0.3 is 0 Å². The number of nitrogens with one attached hydrogen (secondary N) is 1. The van der Waals surface area contributed by atoms with E-state index in [1.165, 1.54) is 6.07 Å². The molecule has 0 fully saturated rings. The van der Waals surface area contributed by atoms with Gasteiger partial charge in [0.05, 0.1) is 11.6 Å². The van der Waals surface area contributed by atoms with Gasteiger partial charge in [-0.3, -0.25) is 4.68 Å². The number of fused-ring (bicyclic) bond motifs is 1. The number of nitrogens with zero attached hydrogens (tertiary/aromatic N) is 2. The van der Waals surface area contributed by atoms with Crippen molar-refractivity contribution in [1.82, 2.24) is 14.8 Å². The van der Waals surface area contributed by atoms with Crippen LogP contribution < -0.4 is 0 Å². The highest BCUT2D eigenvalue weighted by atomic mass is 19.1. The summed E-state index contributed by atoms with van der Waals surface area (Å²) in [7, 11) is 0. The first-order chi connectivity index (χ1) is 13.7. The lowest BCUT2D eigenvalue weighted by Gasteiger charge is -2.16. The molecule has 2 aromatic heterocycles. The molecular weight excluding hydrogens is 356 g/mol. The Bertz CT molecular complexity index is 1200. The fraction of sp³-hybridized carbons (Fsp3) is 0.0870. The van der Waals surface area contributed by atoms with E-state index in [0.717, 1.165) is 28.6 Å². The summed E-state index contributed by atoms with van der Waals surface area (Å²) in [5.74, 6) is 10.4. The fourth-order valence-electron chi connectivity index (χ4n) is 2.96. The van der Waals surface area contributed by atoms with Crippen LogP contribution in [0.25, 0.3) is 10.9 Å². The van der Waals surface area contributed by atoms with Crippen molar-refractivity contribution in [3.63, 3.8) is 0 Å². The molecular formula is C23H15F2N3. The highest BCUT2D eigenvalue weighted by Crippen LogP contribution is 2.26. The van der Waals surface area contributed by atoms with Gasteiger partial charge in [0.2, 0.25) is 0 Å². The van der Waals surface area contributed by atoms with Gasteiger partial charge in [0.1, 0.15) is 11.6 Å². The summed E-state index contributed by atoms with van der Waals surface area (Å²) in [4.78, 5) is 2.92. The van der Waals surface area contributed by atoms with Crippen LogP contribution in [0.2, 0.25) is 0 Å². The maximum absolute atomic E-state index is 14.4. The third kappa shape index (κ3) is 3.79. The van der Waals surface area contributed by atoms with Gasteiger partial charge in [-0.25, -0.2) is 8.78 Å². The van der Waals surface area contributed by atoms with Crippen LogP contribution in [-0.2, 0) is 0 Å². The van der Waals surface area contributed by atoms with Crippen molar-refractivity contribution < 1.29 is 8.78 Å². The van der Waals surface area contributed by atoms with Crippen molar-refractivity contribution in [2.24, 2.45) is 0 Å². The average molecular weight is 371 g/mol. The number of hydrogen-bond donors (Lipinski definition) is 1. The summed E-state index contributed by atoms with van der Waals surface area (Å²) in [5.41, 5.74) is 1.82. The number of rotatable bonds is 3. The SMILES string of the molecule is Fc1ccc(F)c(C(CC#CC#Cc2cc[nH]c2)n2cc3ccccc3n2)c1. The molecule has 28 heavy (non-hydrogen) atoms. The number of H-pyrrole nitrogens is 1. The molecule has 1 unspecified atom stereocenters. The largest absolute Gasteiger partial charge is 0.367 e. The standard InChI is InChI=1S/C23H15F2N3/c24-19-10-11-21(25)20(14-19)23(9-3-1-2-6-17-12-13-26-15-17)28-16-18-7-4-5-8-22(18)27-28/h4-5,7-8,10-16,23,26H,9H2. The number of aromatic nitrogens is 3. The Morgan fingerprint density at radius 2 is 1.96 bits per heavy atom. The van der Waals surface area contributed by atoms with Crippen molar-refractivity contribution in [3.8, 4) is 23.7 Å². The van der Waals surface area contributed by atoms with Crippen LogP contribution in [0.1, 0.15) is 23.6 Å². The van der Waals surface area contributed by atoms with Gasteiger partial charge < -0.3 is 4.98 Å². The molecule has 5 heteroatoms. The second-order valence-electron chi connectivity index (χ2n) is 6.21. The summed E-state index contributed by atoms with van der Waals surface area (Å²) < 4.78 is 29.8. The highest BCUT2D eigenvalue weighted by Gasteiger charge is 2.19. The number of benzene rings is 2. The van der Waals surface area contributed by atoms with E-state index in [2.05, 4.69) is 33.8 Å². The molecule has 2 aromatic carbocycles. The fourth-order valence-corrected chi connectivity index (χ4v) is 2.96. The lowest BCUT2D eigenvalue weighted by Crippen LogP contribution is -2.13. The second kappa shape index (κ2) is 7.82. The number of halogens is 2. The zero-order valence-electron chi connectivity index (χ0n) is 14.8. The smallest absolute Gasteiger partial charge is 0.128 e. The van der Waals surface area contributed by atoms with Crippen LogP contribution in [0, 0.1) is 35.3 Å². The zero-order valence-corrected chi connectivity index (χ0v) is 14.8. The molecule has 0 aliphatic carbocycles. The molecule has 3 nitrogen and oxygen atoms in total. The van der Waals surface area contributed by atoms with E-state index in [1.54, 1.807) is 17.1 Å².